The van der Waals surface area contributed by atoms with Crippen LogP contribution in [0.5, 0.6) is 0 Å². The van der Waals surface area contributed by atoms with Crippen molar-refractivity contribution in [1.29, 1.82) is 0 Å². The molecule has 5 nitrogen and oxygen atoms in total. The Morgan fingerprint density at radius 1 is 1.48 bits per heavy atom. The Bertz CT molecular complexity index is 529. The van der Waals surface area contributed by atoms with Gasteiger partial charge in [-0.3, -0.25) is 9.59 Å². The summed E-state index contributed by atoms with van der Waals surface area (Å²) in [5, 5.41) is 15.0. The summed E-state index contributed by atoms with van der Waals surface area (Å²) in [6.07, 6.45) is 2.20. The fraction of sp³-hybridized carbons (Fsp3) is 0.667. The number of carbonyl (C=O) groups is 2. The van der Waals surface area contributed by atoms with Crippen LogP contribution in [0.25, 0.3) is 0 Å². The first-order chi connectivity index (χ1) is 9.92. The molecule has 1 aromatic rings. The van der Waals surface area contributed by atoms with Crippen molar-refractivity contribution in [1.82, 2.24) is 10.3 Å². The van der Waals surface area contributed by atoms with Gasteiger partial charge in [-0.2, -0.15) is 0 Å². The standard InChI is InChI=1S/C15H22N2O3S/c1-4-10-5-11(12(6-10)15(19)20)13(18)17-9(3)14-16-8(2)7-21-14/h7,9-12H,4-6H2,1-3H3,(H,17,18)(H,19,20). The highest BCUT2D eigenvalue weighted by Gasteiger charge is 2.42. The van der Waals surface area contributed by atoms with Crippen LogP contribution in [0.2, 0.25) is 0 Å². The highest BCUT2D eigenvalue weighted by atomic mass is 32.1. The molecule has 1 fully saturated rings. The number of carboxylic acids is 1. The fourth-order valence-electron chi connectivity index (χ4n) is 2.99. The molecule has 1 amide bonds. The molecule has 0 aromatic carbocycles. The van der Waals surface area contributed by atoms with E-state index in [9.17, 15) is 14.7 Å². The third-order valence-electron chi connectivity index (χ3n) is 4.26. The molecule has 1 aliphatic rings. The smallest absolute Gasteiger partial charge is 0.307 e. The Morgan fingerprint density at radius 3 is 2.67 bits per heavy atom. The monoisotopic (exact) mass is 310 g/mol. The van der Waals surface area contributed by atoms with Crippen molar-refractivity contribution in [3.8, 4) is 0 Å². The number of aromatic nitrogens is 1. The number of aryl methyl sites for hydroxylation is 1. The average Bonchev–Trinajstić information content (AvgIpc) is 3.04. The largest absolute Gasteiger partial charge is 0.481 e. The van der Waals surface area contributed by atoms with Crippen LogP contribution < -0.4 is 5.32 Å². The third kappa shape index (κ3) is 3.61. The van der Waals surface area contributed by atoms with E-state index in [1.165, 1.54) is 11.3 Å². The first-order valence-electron chi connectivity index (χ1n) is 7.37. The second-order valence-corrected chi connectivity index (χ2v) is 6.74. The normalized spacial score (nSPS) is 26.5. The Kier molecular flexibility index (Phi) is 4.98. The third-order valence-corrected chi connectivity index (χ3v) is 5.40. The Balaban J connectivity index is 2.03. The average molecular weight is 310 g/mol. The maximum Gasteiger partial charge on any atom is 0.307 e. The van der Waals surface area contributed by atoms with Crippen LogP contribution in [-0.2, 0) is 9.59 Å². The number of aliphatic carboxylic acids is 1. The summed E-state index contributed by atoms with van der Waals surface area (Å²) in [7, 11) is 0. The lowest BCUT2D eigenvalue weighted by Gasteiger charge is -2.18. The quantitative estimate of drug-likeness (QED) is 0.876. The van der Waals surface area contributed by atoms with E-state index in [0.717, 1.165) is 17.1 Å². The molecule has 21 heavy (non-hydrogen) atoms. The Hall–Kier alpha value is -1.43. The summed E-state index contributed by atoms with van der Waals surface area (Å²) in [4.78, 5) is 28.1. The molecule has 0 radical (unpaired) electrons. The van der Waals surface area contributed by atoms with Gasteiger partial charge in [0.05, 0.1) is 17.9 Å². The summed E-state index contributed by atoms with van der Waals surface area (Å²) in [6, 6.07) is -0.175. The molecular formula is C15H22N2O3S. The van der Waals surface area contributed by atoms with Crippen LogP contribution >= 0.6 is 11.3 Å². The van der Waals surface area contributed by atoms with Gasteiger partial charge in [0.1, 0.15) is 5.01 Å². The zero-order chi connectivity index (χ0) is 15.6. The zero-order valence-corrected chi connectivity index (χ0v) is 13.4. The summed E-state index contributed by atoms with van der Waals surface area (Å²) in [5.74, 6) is -1.65. The Morgan fingerprint density at radius 2 is 2.14 bits per heavy atom. The van der Waals surface area contributed by atoms with Gasteiger partial charge in [-0.15, -0.1) is 11.3 Å². The molecule has 1 aliphatic carbocycles. The van der Waals surface area contributed by atoms with Crippen molar-refractivity contribution in [3.63, 3.8) is 0 Å². The molecule has 2 N–H and O–H groups in total. The van der Waals surface area contributed by atoms with Gasteiger partial charge in [-0.05, 0) is 32.6 Å². The molecule has 1 heterocycles. The summed E-state index contributed by atoms with van der Waals surface area (Å²) >= 11 is 1.51. The van der Waals surface area contributed by atoms with E-state index in [-0.39, 0.29) is 11.9 Å². The lowest BCUT2D eigenvalue weighted by molar-refractivity contribution is -0.146. The lowest BCUT2D eigenvalue weighted by Crippen LogP contribution is -2.36. The predicted octanol–water partition coefficient (Wildman–Crippen LogP) is 2.77. The number of hydrogen-bond donors (Lipinski definition) is 2. The first kappa shape index (κ1) is 15.9. The highest BCUT2D eigenvalue weighted by molar-refractivity contribution is 7.09. The highest BCUT2D eigenvalue weighted by Crippen LogP contribution is 2.38. The molecule has 0 spiro atoms. The van der Waals surface area contributed by atoms with Crippen LogP contribution in [-0.4, -0.2) is 22.0 Å². The SMILES string of the molecule is CCC1CC(C(=O)O)C(C(=O)NC(C)c2nc(C)cs2)C1. The number of nitrogens with zero attached hydrogens (tertiary/aromatic N) is 1. The van der Waals surface area contributed by atoms with Gasteiger partial charge in [-0.25, -0.2) is 4.98 Å². The second-order valence-electron chi connectivity index (χ2n) is 5.85. The molecule has 2 rings (SSSR count). The molecule has 0 saturated heterocycles. The maximum absolute atomic E-state index is 12.4. The number of thiazole rings is 1. The summed E-state index contributed by atoms with van der Waals surface area (Å²) < 4.78 is 0. The summed E-state index contributed by atoms with van der Waals surface area (Å²) in [5.41, 5.74) is 0.937. The molecule has 6 heteroatoms. The van der Waals surface area contributed by atoms with Gasteiger partial charge in [0.25, 0.3) is 0 Å². The van der Waals surface area contributed by atoms with Crippen LogP contribution in [0.3, 0.4) is 0 Å². The van der Waals surface area contributed by atoms with Gasteiger partial charge in [0, 0.05) is 11.1 Å². The molecule has 1 saturated carbocycles. The van der Waals surface area contributed by atoms with Crippen molar-refractivity contribution >= 4 is 23.2 Å². The van der Waals surface area contributed by atoms with E-state index in [1.54, 1.807) is 0 Å². The van der Waals surface area contributed by atoms with Gasteiger partial charge < -0.3 is 10.4 Å². The van der Waals surface area contributed by atoms with Crippen molar-refractivity contribution in [2.45, 2.75) is 46.1 Å². The topological polar surface area (TPSA) is 79.3 Å². The molecule has 0 bridgehead atoms. The zero-order valence-electron chi connectivity index (χ0n) is 12.6. The number of carboxylic acid groups (broad SMARTS) is 1. The van der Waals surface area contributed by atoms with E-state index in [2.05, 4.69) is 10.3 Å². The van der Waals surface area contributed by atoms with E-state index < -0.39 is 17.8 Å². The first-order valence-corrected chi connectivity index (χ1v) is 8.25. The Labute approximate surface area is 128 Å². The van der Waals surface area contributed by atoms with Gasteiger partial charge in [0.2, 0.25) is 5.91 Å². The van der Waals surface area contributed by atoms with E-state index in [0.29, 0.717) is 18.8 Å². The fourth-order valence-corrected chi connectivity index (χ4v) is 3.80. The second kappa shape index (κ2) is 6.56. The minimum Gasteiger partial charge on any atom is -0.481 e. The van der Waals surface area contributed by atoms with Crippen molar-refractivity contribution in [3.05, 3.63) is 16.1 Å². The van der Waals surface area contributed by atoms with E-state index >= 15 is 0 Å². The van der Waals surface area contributed by atoms with Gasteiger partial charge in [0.15, 0.2) is 0 Å². The molecule has 0 aliphatic heterocycles. The van der Waals surface area contributed by atoms with Crippen LogP contribution in [0.1, 0.15) is 49.9 Å². The molecule has 1 aromatic heterocycles. The minimum absolute atomic E-state index is 0.154. The van der Waals surface area contributed by atoms with Gasteiger partial charge in [-0.1, -0.05) is 13.3 Å². The predicted molar refractivity (Wildman–Crippen MR) is 81.0 cm³/mol. The number of rotatable bonds is 5. The van der Waals surface area contributed by atoms with Crippen molar-refractivity contribution in [2.75, 3.05) is 0 Å². The number of amides is 1. The van der Waals surface area contributed by atoms with Crippen LogP contribution in [0.4, 0.5) is 0 Å². The molecular weight excluding hydrogens is 288 g/mol. The number of nitrogens with one attached hydrogen (secondary N) is 1. The van der Waals surface area contributed by atoms with E-state index in [1.807, 2.05) is 26.2 Å². The van der Waals surface area contributed by atoms with Crippen LogP contribution in [0.15, 0.2) is 5.38 Å². The number of hydrogen-bond acceptors (Lipinski definition) is 4. The lowest BCUT2D eigenvalue weighted by atomic mass is 9.95. The van der Waals surface area contributed by atoms with Crippen LogP contribution in [0, 0.1) is 24.7 Å². The molecule has 116 valence electrons. The maximum atomic E-state index is 12.4. The minimum atomic E-state index is -0.858. The summed E-state index contributed by atoms with van der Waals surface area (Å²) in [6.45, 7) is 5.85. The number of carbonyl (C=O) groups excluding carboxylic acids is 1. The van der Waals surface area contributed by atoms with Crippen molar-refractivity contribution in [2.24, 2.45) is 17.8 Å². The van der Waals surface area contributed by atoms with Crippen molar-refractivity contribution < 1.29 is 14.7 Å². The van der Waals surface area contributed by atoms with E-state index in [4.69, 9.17) is 0 Å². The molecule has 4 atom stereocenters. The van der Waals surface area contributed by atoms with Gasteiger partial charge >= 0.3 is 5.97 Å². The molecule has 4 unspecified atom stereocenters.